The number of aliphatic imine (C=N–C) groups is 2. The van der Waals surface area contributed by atoms with Crippen LogP contribution in [0.5, 0.6) is 11.5 Å². The molecule has 27 heteroatoms. The molecule has 9 rings (SSSR count). The SMILES string of the molecule is CCN(C(=O)[C@H]1CCN1)[C@@H]1CN(C(=NC#N)Nc2cccc(OC(F)F)c2)N=C1c1ccc(Cl)c(C)c1.CCN1CCC1C(N)=O.CCNC(=O)[C@H]1CCCN1C1CN(C(=NC#N)Nc2cccc(OC(F)F)c2)N=C1c1ccc(Cl)c(C)c1. The number of anilines is 2. The number of nitriles is 2. The largest absolute Gasteiger partial charge is 0.435 e. The highest BCUT2D eigenvalue weighted by Crippen LogP contribution is 2.31. The lowest BCUT2D eigenvalue weighted by molar-refractivity contribution is -0.136. The number of benzene rings is 4. The van der Waals surface area contributed by atoms with E-state index in [0.29, 0.717) is 59.0 Å². The van der Waals surface area contributed by atoms with Gasteiger partial charge in [0.15, 0.2) is 0 Å². The quantitative estimate of drug-likeness (QED) is 0.0314. The number of carbonyl (C=O) groups is 3. The summed E-state index contributed by atoms with van der Waals surface area (Å²) >= 11 is 12.5. The zero-order valence-corrected chi connectivity index (χ0v) is 48.4. The predicted molar refractivity (Wildman–Crippen MR) is 313 cm³/mol. The van der Waals surface area contributed by atoms with Crippen molar-refractivity contribution in [3.63, 3.8) is 0 Å². The lowest BCUT2D eigenvalue weighted by atomic mass is 9.98. The van der Waals surface area contributed by atoms with Gasteiger partial charge in [-0.05, 0) is 138 Å². The van der Waals surface area contributed by atoms with E-state index in [1.807, 2.05) is 58.9 Å². The number of nitrogens with one attached hydrogen (secondary N) is 4. The first-order valence-electron chi connectivity index (χ1n) is 27.3. The van der Waals surface area contributed by atoms with Gasteiger partial charge in [-0.15, -0.1) is 9.98 Å². The number of nitrogens with two attached hydrogens (primary N) is 1. The van der Waals surface area contributed by atoms with Gasteiger partial charge in [-0.3, -0.25) is 24.2 Å². The van der Waals surface area contributed by atoms with Crippen molar-refractivity contribution in [2.75, 3.05) is 63.0 Å². The number of guanidine groups is 2. The van der Waals surface area contributed by atoms with Gasteiger partial charge in [0.2, 0.25) is 42.0 Å². The predicted octanol–water partition coefficient (Wildman–Crippen LogP) is 7.55. The highest BCUT2D eigenvalue weighted by atomic mass is 35.5. The van der Waals surface area contributed by atoms with E-state index in [9.17, 15) is 42.5 Å². The molecule has 5 atom stereocenters. The van der Waals surface area contributed by atoms with Gasteiger partial charge in [-0.1, -0.05) is 54.4 Å². The maximum atomic E-state index is 13.3. The molecule has 3 fully saturated rings. The molecule has 0 aliphatic carbocycles. The Morgan fingerprint density at radius 3 is 1.76 bits per heavy atom. The third-order valence-electron chi connectivity index (χ3n) is 14.5. The van der Waals surface area contributed by atoms with Crippen LogP contribution in [0.2, 0.25) is 10.0 Å². The number of halogens is 6. The number of hydrogen-bond acceptors (Lipinski definition) is 14. The Bertz CT molecular complexity index is 3210. The van der Waals surface area contributed by atoms with Crippen molar-refractivity contribution in [2.24, 2.45) is 25.9 Å². The first-order chi connectivity index (χ1) is 40.4. The van der Waals surface area contributed by atoms with Gasteiger partial charge in [0.25, 0.3) is 0 Å². The number of ether oxygens (including phenoxy) is 2. The molecule has 0 spiro atoms. The van der Waals surface area contributed by atoms with Crippen LogP contribution in [-0.2, 0) is 14.4 Å². The van der Waals surface area contributed by atoms with Gasteiger partial charge >= 0.3 is 13.2 Å². The van der Waals surface area contributed by atoms with Crippen LogP contribution in [-0.4, -0.2) is 162 Å². The van der Waals surface area contributed by atoms with Crippen LogP contribution < -0.4 is 36.5 Å². The molecule has 2 unspecified atom stereocenters. The summed E-state index contributed by atoms with van der Waals surface area (Å²) in [5.74, 6) is -0.134. The standard InChI is InChI=1S/C26H28ClF2N7O2.C25H26ClF2N7O2.C6H12N2O/c1-3-31-24(37)21-8-5-11-35(21)22-14-36(34-23(22)17-9-10-20(27)16(2)12-17)26(32-15-30)33-18-6-4-7-19(13-18)38-25(28)29;1-3-34(23(36)20-9-10-30-20)21-13-35(33-22(21)16-7-8-19(26)15(2)11-16)25(31-14-29)32-17-5-4-6-18(12-17)37-24(27)28;1-2-8-4-3-5(8)6(7)9/h4,6-7,9-10,12-13,21-22,25H,3,5,8,11,14H2,1-2H3,(H,31,37)(H,32,33);4-8,11-12,20-21,24,30H,3,9-10,13H2,1-2H3,(H,31,32);5H,2-4H2,1H3,(H2,7,9)/t21-,22?;20-,21-;/m11./s1. The Hall–Kier alpha value is -8.07. The maximum absolute atomic E-state index is 13.3. The smallest absolute Gasteiger partial charge is 0.387 e. The Balaban J connectivity index is 0.000000210. The minimum atomic E-state index is -2.97. The first-order valence-corrected chi connectivity index (χ1v) is 28.0. The lowest BCUT2D eigenvalue weighted by Crippen LogP contribution is -2.58. The van der Waals surface area contributed by atoms with Gasteiger partial charge in [0.1, 0.15) is 11.5 Å². The van der Waals surface area contributed by atoms with Crippen LogP contribution in [0.25, 0.3) is 0 Å². The average molecular weight is 1200 g/mol. The van der Waals surface area contributed by atoms with Crippen molar-refractivity contribution < 1.29 is 41.4 Å². The minimum absolute atomic E-state index is 0.0254. The number of likely N-dealkylation sites (tertiary alicyclic amines) is 2. The molecule has 4 aromatic carbocycles. The lowest BCUT2D eigenvalue weighted by Gasteiger charge is -2.37. The van der Waals surface area contributed by atoms with E-state index in [0.717, 1.165) is 67.6 Å². The number of hydrogen-bond donors (Lipinski definition) is 5. The monoisotopic (exact) mass is 1200 g/mol. The van der Waals surface area contributed by atoms with E-state index < -0.39 is 19.3 Å². The second-order valence-corrected chi connectivity index (χ2v) is 20.6. The van der Waals surface area contributed by atoms with Crippen molar-refractivity contribution in [3.05, 3.63) is 117 Å². The van der Waals surface area contributed by atoms with Crippen LogP contribution in [0, 0.1) is 36.8 Å². The third kappa shape index (κ3) is 16.2. The number of nitrogens with zero attached hydrogens (tertiary/aromatic N) is 11. The molecule has 0 saturated carbocycles. The number of hydrazone groups is 2. The van der Waals surface area contributed by atoms with Gasteiger partial charge in [-0.25, -0.2) is 10.0 Å². The van der Waals surface area contributed by atoms with Crippen molar-refractivity contribution in [1.82, 2.24) is 35.4 Å². The zero-order valence-electron chi connectivity index (χ0n) is 46.9. The summed E-state index contributed by atoms with van der Waals surface area (Å²) in [4.78, 5) is 50.4. The number of aryl methyl sites for hydroxylation is 2. The average Bonchev–Trinajstić information content (AvgIpc) is 2.72. The molecule has 84 heavy (non-hydrogen) atoms. The number of alkyl halides is 4. The molecule has 4 aromatic rings. The molecular weight excluding hydrogens is 1140 g/mol. The molecule has 3 amide bonds. The Labute approximate surface area is 494 Å². The van der Waals surface area contributed by atoms with E-state index in [1.165, 1.54) is 35.3 Å². The molecular formula is C57H66Cl2F4N16O5. The van der Waals surface area contributed by atoms with Crippen LogP contribution >= 0.6 is 23.2 Å². The summed E-state index contributed by atoms with van der Waals surface area (Å²) in [5, 5.41) is 44.6. The molecule has 6 N–H and O–H groups in total. The summed E-state index contributed by atoms with van der Waals surface area (Å²) in [5.41, 5.74) is 10.5. The number of amides is 3. The molecule has 3 saturated heterocycles. The highest BCUT2D eigenvalue weighted by Gasteiger charge is 2.43. The third-order valence-corrected chi connectivity index (χ3v) is 15.3. The number of likely N-dealkylation sites (N-methyl/N-ethyl adjacent to an activating group) is 3. The van der Waals surface area contributed by atoms with Crippen molar-refractivity contribution in [1.29, 1.82) is 10.5 Å². The van der Waals surface area contributed by atoms with Crippen molar-refractivity contribution in [3.8, 4) is 23.9 Å². The van der Waals surface area contributed by atoms with E-state index in [2.05, 4.69) is 50.5 Å². The second-order valence-electron chi connectivity index (χ2n) is 19.8. The van der Waals surface area contributed by atoms with E-state index in [1.54, 1.807) is 52.6 Å². The first kappa shape index (κ1) is 63.5. The molecule has 5 aliphatic rings. The van der Waals surface area contributed by atoms with Crippen LogP contribution in [0.1, 0.15) is 68.7 Å². The molecule has 0 radical (unpaired) electrons. The van der Waals surface area contributed by atoms with E-state index in [4.69, 9.17) is 39.1 Å². The fourth-order valence-corrected chi connectivity index (χ4v) is 10.4. The highest BCUT2D eigenvalue weighted by molar-refractivity contribution is 6.32. The molecule has 5 aliphatic heterocycles. The van der Waals surface area contributed by atoms with Gasteiger partial charge in [0.05, 0.1) is 54.7 Å². The van der Waals surface area contributed by atoms with Crippen LogP contribution in [0.3, 0.4) is 0 Å². The second kappa shape index (κ2) is 30.0. The summed E-state index contributed by atoms with van der Waals surface area (Å²) in [6, 6.07) is 21.8. The number of primary amides is 1. The Kier molecular flexibility index (Phi) is 22.6. The summed E-state index contributed by atoms with van der Waals surface area (Å²) in [6.45, 7) is 8.66. The summed E-state index contributed by atoms with van der Waals surface area (Å²) in [7, 11) is 0. The van der Waals surface area contributed by atoms with Crippen molar-refractivity contribution in [2.45, 2.75) is 104 Å². The number of carbonyl (C=O) groups excluding carboxylic acids is 3. The van der Waals surface area contributed by atoms with Crippen LogP contribution in [0.15, 0.2) is 105 Å². The molecule has 0 bridgehead atoms. The maximum Gasteiger partial charge on any atom is 0.387 e. The normalized spacial score (nSPS) is 20.4. The molecule has 0 aromatic heterocycles. The fourth-order valence-electron chi connectivity index (χ4n) is 10.1. The summed E-state index contributed by atoms with van der Waals surface area (Å²) < 4.78 is 59.7. The van der Waals surface area contributed by atoms with E-state index >= 15 is 0 Å². The van der Waals surface area contributed by atoms with E-state index in [-0.39, 0.29) is 71.9 Å². The van der Waals surface area contributed by atoms with Gasteiger partial charge in [0, 0.05) is 58.8 Å². The zero-order chi connectivity index (χ0) is 60.6. The molecule has 5 heterocycles. The van der Waals surface area contributed by atoms with Gasteiger partial charge < -0.3 is 41.4 Å². The van der Waals surface area contributed by atoms with Gasteiger partial charge in [-0.2, -0.15) is 38.3 Å². The van der Waals surface area contributed by atoms with Crippen LogP contribution in [0.4, 0.5) is 28.9 Å². The molecule has 21 nitrogen and oxygen atoms in total. The minimum Gasteiger partial charge on any atom is -0.435 e. The molecule has 446 valence electrons. The van der Waals surface area contributed by atoms with Crippen molar-refractivity contribution >= 4 is 75.6 Å². The fraction of sp³-hybridized carbons (Fsp3) is 0.421. The number of rotatable bonds is 16. The topological polar surface area (TPSA) is 257 Å². The Morgan fingerprint density at radius 1 is 0.774 bits per heavy atom. The Morgan fingerprint density at radius 2 is 1.32 bits per heavy atom. The summed E-state index contributed by atoms with van der Waals surface area (Å²) in [6.07, 6.45) is 6.83.